The lowest BCUT2D eigenvalue weighted by atomic mass is 9.89. The van der Waals surface area contributed by atoms with Crippen molar-refractivity contribution in [3.63, 3.8) is 0 Å². The maximum absolute atomic E-state index is 6.05. The van der Waals surface area contributed by atoms with Gasteiger partial charge in [0.05, 0.1) is 28.4 Å². The lowest BCUT2D eigenvalue weighted by Crippen LogP contribution is -2.16. The second-order valence-electron chi connectivity index (χ2n) is 5.00. The average Bonchev–Trinajstić information content (AvgIpc) is 2.62. The van der Waals surface area contributed by atoms with Crippen LogP contribution in [0.2, 0.25) is 0 Å². The summed E-state index contributed by atoms with van der Waals surface area (Å²) in [7, 11) is 6.52. The molecule has 0 aromatic heterocycles. The summed E-state index contributed by atoms with van der Waals surface area (Å²) < 4.78 is 21.5. The molecule has 2 aromatic rings. The SMILES string of the molecule is COc1ccc(C(CN)c2ccc(OC)cc2OC)c(OC)c1. The molecule has 0 aliphatic heterocycles. The molecule has 5 nitrogen and oxygen atoms in total. The van der Waals surface area contributed by atoms with E-state index in [0.29, 0.717) is 6.54 Å². The molecule has 0 fully saturated rings. The molecule has 2 rings (SSSR count). The van der Waals surface area contributed by atoms with E-state index in [2.05, 4.69) is 0 Å². The molecule has 124 valence electrons. The molecular weight excluding hydrogens is 294 g/mol. The number of ether oxygens (including phenoxy) is 4. The average molecular weight is 317 g/mol. The van der Waals surface area contributed by atoms with Crippen LogP contribution in [0.1, 0.15) is 17.0 Å². The van der Waals surface area contributed by atoms with Gasteiger partial charge in [-0.2, -0.15) is 0 Å². The molecular formula is C18H23NO4. The molecule has 0 saturated carbocycles. The van der Waals surface area contributed by atoms with Gasteiger partial charge in [-0.15, -0.1) is 0 Å². The zero-order valence-corrected chi connectivity index (χ0v) is 14.0. The summed E-state index contributed by atoms with van der Waals surface area (Å²) in [6.45, 7) is 0.422. The maximum Gasteiger partial charge on any atom is 0.126 e. The van der Waals surface area contributed by atoms with Crippen LogP contribution in [-0.2, 0) is 0 Å². The molecule has 0 atom stereocenters. The lowest BCUT2D eigenvalue weighted by Gasteiger charge is -2.22. The van der Waals surface area contributed by atoms with Gasteiger partial charge in [-0.3, -0.25) is 0 Å². The molecule has 23 heavy (non-hydrogen) atoms. The normalized spacial score (nSPS) is 10.5. The Balaban J connectivity index is 2.52. The quantitative estimate of drug-likeness (QED) is 0.851. The molecule has 0 heterocycles. The topological polar surface area (TPSA) is 62.9 Å². The van der Waals surface area contributed by atoms with Crippen molar-refractivity contribution in [2.24, 2.45) is 5.73 Å². The van der Waals surface area contributed by atoms with Gasteiger partial charge in [0.15, 0.2) is 0 Å². The fraction of sp³-hybridized carbons (Fsp3) is 0.333. The summed E-state index contributed by atoms with van der Waals surface area (Å²) in [6.07, 6.45) is 0. The van der Waals surface area contributed by atoms with Gasteiger partial charge in [0.1, 0.15) is 23.0 Å². The van der Waals surface area contributed by atoms with E-state index in [1.165, 1.54) is 0 Å². The minimum Gasteiger partial charge on any atom is -0.497 e. The highest BCUT2D eigenvalue weighted by Gasteiger charge is 2.21. The van der Waals surface area contributed by atoms with Crippen molar-refractivity contribution in [1.29, 1.82) is 0 Å². The van der Waals surface area contributed by atoms with Gasteiger partial charge in [0.25, 0.3) is 0 Å². The van der Waals surface area contributed by atoms with Gasteiger partial charge in [0.2, 0.25) is 0 Å². The van der Waals surface area contributed by atoms with Crippen molar-refractivity contribution < 1.29 is 18.9 Å². The third-order valence-electron chi connectivity index (χ3n) is 3.87. The number of nitrogens with two attached hydrogens (primary N) is 1. The van der Waals surface area contributed by atoms with Crippen LogP contribution in [0.5, 0.6) is 23.0 Å². The molecule has 0 radical (unpaired) electrons. The fourth-order valence-corrected chi connectivity index (χ4v) is 2.63. The first-order valence-electron chi connectivity index (χ1n) is 7.32. The van der Waals surface area contributed by atoms with Crippen LogP contribution in [0.4, 0.5) is 0 Å². The highest BCUT2D eigenvalue weighted by molar-refractivity contribution is 5.51. The van der Waals surface area contributed by atoms with Crippen LogP contribution >= 0.6 is 0 Å². The van der Waals surface area contributed by atoms with Crippen LogP contribution in [0.3, 0.4) is 0 Å². The van der Waals surface area contributed by atoms with Crippen molar-refractivity contribution in [2.45, 2.75) is 5.92 Å². The first-order valence-corrected chi connectivity index (χ1v) is 7.32. The van der Waals surface area contributed by atoms with E-state index in [0.717, 1.165) is 34.1 Å². The van der Waals surface area contributed by atoms with Gasteiger partial charge in [0, 0.05) is 35.7 Å². The number of benzene rings is 2. The minimum atomic E-state index is -0.0586. The van der Waals surface area contributed by atoms with Crippen molar-refractivity contribution in [1.82, 2.24) is 0 Å². The number of methoxy groups -OCH3 is 4. The zero-order chi connectivity index (χ0) is 16.8. The first kappa shape index (κ1) is 17.0. The summed E-state index contributed by atoms with van der Waals surface area (Å²) in [4.78, 5) is 0. The Labute approximate surface area is 136 Å². The molecule has 0 unspecified atom stereocenters. The van der Waals surface area contributed by atoms with E-state index >= 15 is 0 Å². The summed E-state index contributed by atoms with van der Waals surface area (Å²) in [5.41, 5.74) is 8.02. The third-order valence-corrected chi connectivity index (χ3v) is 3.87. The number of hydrogen-bond donors (Lipinski definition) is 1. The van der Waals surface area contributed by atoms with Crippen LogP contribution in [0, 0.1) is 0 Å². The van der Waals surface area contributed by atoms with Crippen molar-refractivity contribution in [3.8, 4) is 23.0 Å². The van der Waals surface area contributed by atoms with Crippen LogP contribution in [-0.4, -0.2) is 35.0 Å². The van der Waals surface area contributed by atoms with Gasteiger partial charge in [-0.05, 0) is 12.1 Å². The van der Waals surface area contributed by atoms with Crippen molar-refractivity contribution >= 4 is 0 Å². The minimum absolute atomic E-state index is 0.0586. The zero-order valence-electron chi connectivity index (χ0n) is 14.0. The summed E-state index contributed by atoms with van der Waals surface area (Å²) >= 11 is 0. The summed E-state index contributed by atoms with van der Waals surface area (Å²) in [5.74, 6) is 2.89. The van der Waals surface area contributed by atoms with Crippen LogP contribution in [0.15, 0.2) is 36.4 Å². The van der Waals surface area contributed by atoms with E-state index in [1.54, 1.807) is 28.4 Å². The van der Waals surface area contributed by atoms with Crippen molar-refractivity contribution in [3.05, 3.63) is 47.5 Å². The number of hydrogen-bond acceptors (Lipinski definition) is 5. The Kier molecular flexibility index (Phi) is 5.71. The molecule has 0 amide bonds. The van der Waals surface area contributed by atoms with Gasteiger partial charge < -0.3 is 24.7 Å². The highest BCUT2D eigenvalue weighted by atomic mass is 16.5. The Morgan fingerprint density at radius 3 is 1.48 bits per heavy atom. The molecule has 2 N–H and O–H groups in total. The third kappa shape index (κ3) is 3.51. The van der Waals surface area contributed by atoms with Gasteiger partial charge >= 0.3 is 0 Å². The van der Waals surface area contributed by atoms with Crippen molar-refractivity contribution in [2.75, 3.05) is 35.0 Å². The molecule has 0 aliphatic carbocycles. The van der Waals surface area contributed by atoms with Gasteiger partial charge in [-0.25, -0.2) is 0 Å². The second kappa shape index (κ2) is 7.74. The van der Waals surface area contributed by atoms with E-state index in [-0.39, 0.29) is 5.92 Å². The predicted octanol–water partition coefficient (Wildman–Crippen LogP) is 2.81. The van der Waals surface area contributed by atoms with Crippen LogP contribution < -0.4 is 24.7 Å². The molecule has 0 bridgehead atoms. The predicted molar refractivity (Wildman–Crippen MR) is 90.0 cm³/mol. The fourth-order valence-electron chi connectivity index (χ4n) is 2.63. The Morgan fingerprint density at radius 1 is 0.739 bits per heavy atom. The molecule has 5 heteroatoms. The largest absolute Gasteiger partial charge is 0.497 e. The Hall–Kier alpha value is -2.40. The smallest absolute Gasteiger partial charge is 0.126 e. The lowest BCUT2D eigenvalue weighted by molar-refractivity contribution is 0.384. The second-order valence-corrected chi connectivity index (χ2v) is 5.00. The highest BCUT2D eigenvalue weighted by Crippen LogP contribution is 2.38. The molecule has 0 aliphatic rings. The molecule has 0 saturated heterocycles. The number of rotatable bonds is 7. The van der Waals surface area contributed by atoms with E-state index < -0.39 is 0 Å². The molecule has 2 aromatic carbocycles. The standard InChI is InChI=1S/C18H23NO4/c1-20-12-5-7-14(17(9-12)22-3)16(11-19)15-8-6-13(21-2)10-18(15)23-4/h5-10,16H,11,19H2,1-4H3. The van der Waals surface area contributed by atoms with E-state index in [9.17, 15) is 0 Å². The first-order chi connectivity index (χ1) is 11.2. The molecule has 0 spiro atoms. The monoisotopic (exact) mass is 317 g/mol. The van der Waals surface area contributed by atoms with E-state index in [4.69, 9.17) is 24.7 Å². The van der Waals surface area contributed by atoms with E-state index in [1.807, 2.05) is 36.4 Å². The van der Waals surface area contributed by atoms with Gasteiger partial charge in [-0.1, -0.05) is 12.1 Å². The Bertz CT molecular complexity index is 602. The summed E-state index contributed by atoms with van der Waals surface area (Å²) in [6, 6.07) is 11.5. The Morgan fingerprint density at radius 2 is 1.17 bits per heavy atom. The summed E-state index contributed by atoms with van der Waals surface area (Å²) in [5, 5.41) is 0. The van der Waals surface area contributed by atoms with Crippen LogP contribution in [0.25, 0.3) is 0 Å². The maximum atomic E-state index is 6.05.